The maximum atomic E-state index is 10.7. The van der Waals surface area contributed by atoms with Crippen LogP contribution in [0.5, 0.6) is 11.5 Å². The first-order chi connectivity index (χ1) is 8.99. The minimum atomic E-state index is -1.53. The maximum Gasteiger partial charge on any atom is 0.168 e. The Hall–Kier alpha value is -2.48. The van der Waals surface area contributed by atoms with Crippen molar-refractivity contribution >= 4 is 12.0 Å². The molecule has 0 saturated carbocycles. The number of para-hydroxylation sites is 1. The summed E-state index contributed by atoms with van der Waals surface area (Å²) >= 11 is 0. The Kier molecular flexibility index (Phi) is 4.95. The first-order valence-corrected chi connectivity index (χ1v) is 5.66. The van der Waals surface area contributed by atoms with Crippen LogP contribution in [0.2, 0.25) is 0 Å². The molecular weight excluding hydrogens is 246 g/mol. The van der Waals surface area contributed by atoms with Gasteiger partial charge in [0, 0.05) is 5.56 Å². The summed E-state index contributed by atoms with van der Waals surface area (Å²) in [6, 6.07) is 6.59. The van der Waals surface area contributed by atoms with Crippen LogP contribution in [0.15, 0.2) is 23.8 Å². The van der Waals surface area contributed by atoms with E-state index in [0.717, 1.165) is 0 Å². The summed E-state index contributed by atoms with van der Waals surface area (Å²) in [7, 11) is 1.49. The van der Waals surface area contributed by atoms with Crippen LogP contribution >= 0.6 is 0 Å². The van der Waals surface area contributed by atoms with Crippen LogP contribution in [0.3, 0.4) is 0 Å². The highest BCUT2D eigenvalue weighted by molar-refractivity contribution is 5.95. The van der Waals surface area contributed by atoms with Crippen molar-refractivity contribution in [1.82, 2.24) is 0 Å². The molecule has 0 fully saturated rings. The van der Waals surface area contributed by atoms with Gasteiger partial charge in [-0.1, -0.05) is 12.1 Å². The number of carboxylic acids is 1. The number of carbonyl (C=O) groups is 1. The third kappa shape index (κ3) is 3.75. The second-order valence-electron chi connectivity index (χ2n) is 4.00. The number of carbonyl (C=O) groups excluding carboxylic acids is 1. The second-order valence-corrected chi connectivity index (χ2v) is 4.00. The minimum absolute atomic E-state index is 0.114. The number of hydrogen-bond donors (Lipinski definition) is 0. The number of carboxylic acid groups (broad SMARTS) is 1. The summed E-state index contributed by atoms with van der Waals surface area (Å²) in [5, 5.41) is 19.5. The zero-order valence-corrected chi connectivity index (χ0v) is 11.0. The Morgan fingerprint density at radius 1 is 1.47 bits per heavy atom. The Bertz CT molecular complexity index is 541. The molecule has 0 aliphatic rings. The lowest BCUT2D eigenvalue weighted by atomic mass is 10.1. The van der Waals surface area contributed by atoms with Gasteiger partial charge in [-0.25, -0.2) is 0 Å². The van der Waals surface area contributed by atoms with E-state index >= 15 is 0 Å². The van der Waals surface area contributed by atoms with Gasteiger partial charge in [0.05, 0.1) is 24.8 Å². The van der Waals surface area contributed by atoms with Crippen molar-refractivity contribution in [3.05, 3.63) is 29.3 Å². The quantitative estimate of drug-likeness (QED) is 0.585. The largest absolute Gasteiger partial charge is 0.544 e. The van der Waals surface area contributed by atoms with Crippen LogP contribution in [-0.4, -0.2) is 19.2 Å². The molecular formula is C14H14NO4-. The summed E-state index contributed by atoms with van der Waals surface area (Å²) in [5.41, 5.74) is -0.0179. The van der Waals surface area contributed by atoms with E-state index in [1.165, 1.54) is 13.2 Å². The van der Waals surface area contributed by atoms with E-state index in [1.807, 2.05) is 13.8 Å². The number of rotatable bonds is 5. The molecule has 0 spiro atoms. The Morgan fingerprint density at radius 3 is 2.63 bits per heavy atom. The Morgan fingerprint density at radius 2 is 2.16 bits per heavy atom. The molecule has 0 N–H and O–H groups in total. The number of ether oxygens (including phenoxy) is 2. The lowest BCUT2D eigenvalue weighted by Gasteiger charge is -2.16. The predicted octanol–water partition coefficient (Wildman–Crippen LogP) is 1.14. The van der Waals surface area contributed by atoms with Crippen LogP contribution < -0.4 is 14.6 Å². The second kappa shape index (κ2) is 6.45. The fourth-order valence-corrected chi connectivity index (χ4v) is 1.46. The smallest absolute Gasteiger partial charge is 0.168 e. The molecule has 0 aromatic heterocycles. The van der Waals surface area contributed by atoms with Crippen LogP contribution in [0.1, 0.15) is 19.4 Å². The van der Waals surface area contributed by atoms with E-state index in [2.05, 4.69) is 0 Å². The van der Waals surface area contributed by atoms with E-state index in [1.54, 1.807) is 24.3 Å². The zero-order chi connectivity index (χ0) is 14.4. The lowest BCUT2D eigenvalue weighted by molar-refractivity contribution is -0.298. The predicted molar refractivity (Wildman–Crippen MR) is 67.4 cm³/mol. The van der Waals surface area contributed by atoms with E-state index in [-0.39, 0.29) is 6.10 Å². The number of methoxy groups -OCH3 is 1. The third-order valence-corrected chi connectivity index (χ3v) is 2.22. The minimum Gasteiger partial charge on any atom is -0.544 e. The molecule has 0 bridgehead atoms. The molecule has 5 nitrogen and oxygen atoms in total. The number of hydrogen-bond acceptors (Lipinski definition) is 5. The average Bonchev–Trinajstić information content (AvgIpc) is 2.36. The number of nitriles is 1. The maximum absolute atomic E-state index is 10.7. The van der Waals surface area contributed by atoms with Crippen molar-refractivity contribution < 1.29 is 19.4 Å². The van der Waals surface area contributed by atoms with Gasteiger partial charge in [0.1, 0.15) is 6.07 Å². The molecule has 19 heavy (non-hydrogen) atoms. The molecule has 100 valence electrons. The fraction of sp³-hybridized carbons (Fsp3) is 0.286. The van der Waals surface area contributed by atoms with Crippen molar-refractivity contribution in [3.63, 3.8) is 0 Å². The first kappa shape index (κ1) is 14.6. The van der Waals surface area contributed by atoms with Gasteiger partial charge in [-0.05, 0) is 26.0 Å². The highest BCUT2D eigenvalue weighted by Crippen LogP contribution is 2.33. The number of nitrogens with zero attached hydrogens (tertiary/aromatic N) is 1. The van der Waals surface area contributed by atoms with Crippen LogP contribution in [0, 0.1) is 11.3 Å². The third-order valence-electron chi connectivity index (χ3n) is 2.22. The van der Waals surface area contributed by atoms with Crippen molar-refractivity contribution in [2.24, 2.45) is 0 Å². The molecule has 0 aliphatic heterocycles. The van der Waals surface area contributed by atoms with Crippen LogP contribution in [0.25, 0.3) is 6.08 Å². The summed E-state index contributed by atoms with van der Waals surface area (Å²) in [6.45, 7) is 3.67. The van der Waals surface area contributed by atoms with Crippen molar-refractivity contribution in [3.8, 4) is 17.6 Å². The van der Waals surface area contributed by atoms with Gasteiger partial charge in [0.15, 0.2) is 11.5 Å². The van der Waals surface area contributed by atoms with Gasteiger partial charge in [0.25, 0.3) is 0 Å². The molecule has 0 atom stereocenters. The lowest BCUT2D eigenvalue weighted by Crippen LogP contribution is -2.23. The van der Waals surface area contributed by atoms with E-state index in [0.29, 0.717) is 17.1 Å². The summed E-state index contributed by atoms with van der Waals surface area (Å²) in [6.07, 6.45) is 1.09. The van der Waals surface area contributed by atoms with E-state index in [9.17, 15) is 9.90 Å². The van der Waals surface area contributed by atoms with Crippen molar-refractivity contribution in [1.29, 1.82) is 5.26 Å². The monoisotopic (exact) mass is 260 g/mol. The molecule has 1 rings (SSSR count). The summed E-state index contributed by atoms with van der Waals surface area (Å²) in [4.78, 5) is 10.7. The molecule has 0 amide bonds. The normalized spacial score (nSPS) is 11.0. The Labute approximate surface area is 111 Å². The molecule has 5 heteroatoms. The number of benzene rings is 1. The summed E-state index contributed by atoms with van der Waals surface area (Å²) < 4.78 is 10.8. The van der Waals surface area contributed by atoms with Gasteiger partial charge >= 0.3 is 0 Å². The average molecular weight is 260 g/mol. The van der Waals surface area contributed by atoms with Gasteiger partial charge in [0.2, 0.25) is 0 Å². The summed E-state index contributed by atoms with van der Waals surface area (Å²) in [5.74, 6) is -0.659. The topological polar surface area (TPSA) is 82.4 Å². The highest BCUT2D eigenvalue weighted by Gasteiger charge is 2.11. The Balaban J connectivity index is 3.35. The molecule has 0 aliphatic carbocycles. The molecule has 1 aromatic rings. The van der Waals surface area contributed by atoms with Crippen molar-refractivity contribution in [2.75, 3.05) is 7.11 Å². The SMILES string of the molecule is COc1cccc(/C=C(\C#N)C(=O)[O-])c1OC(C)C. The number of aliphatic carboxylic acids is 1. The first-order valence-electron chi connectivity index (χ1n) is 5.66. The standard InChI is InChI=1S/C14H15NO4/c1-9(2)19-13-10(5-4-6-12(13)18-3)7-11(8-15)14(16)17/h4-7,9H,1-3H3,(H,16,17)/p-1/b11-7+. The highest BCUT2D eigenvalue weighted by atomic mass is 16.5. The van der Waals surface area contributed by atoms with Gasteiger partial charge in [-0.2, -0.15) is 5.26 Å². The van der Waals surface area contributed by atoms with Crippen molar-refractivity contribution in [2.45, 2.75) is 20.0 Å². The molecule has 0 heterocycles. The van der Waals surface area contributed by atoms with E-state index < -0.39 is 11.5 Å². The molecule has 1 aromatic carbocycles. The van der Waals surface area contributed by atoms with Gasteiger partial charge in [-0.15, -0.1) is 0 Å². The molecule has 0 saturated heterocycles. The van der Waals surface area contributed by atoms with E-state index in [4.69, 9.17) is 14.7 Å². The fourth-order valence-electron chi connectivity index (χ4n) is 1.46. The van der Waals surface area contributed by atoms with Crippen LogP contribution in [0.4, 0.5) is 0 Å². The molecule has 0 unspecified atom stereocenters. The zero-order valence-electron chi connectivity index (χ0n) is 11.0. The molecule has 0 radical (unpaired) electrons. The van der Waals surface area contributed by atoms with Gasteiger partial charge in [-0.3, -0.25) is 0 Å². The van der Waals surface area contributed by atoms with Gasteiger partial charge < -0.3 is 19.4 Å². The van der Waals surface area contributed by atoms with Crippen LogP contribution in [-0.2, 0) is 4.79 Å².